The van der Waals surface area contributed by atoms with Gasteiger partial charge in [0.25, 0.3) is 5.91 Å². The highest BCUT2D eigenvalue weighted by Crippen LogP contribution is 2.24. The molecular formula is C15H15NO3S. The number of ether oxygens (including phenoxy) is 1. The average molecular weight is 289 g/mol. The lowest BCUT2D eigenvalue weighted by molar-refractivity contribution is 0.0607. The van der Waals surface area contributed by atoms with E-state index < -0.39 is 5.97 Å². The molecule has 1 aromatic heterocycles. The van der Waals surface area contributed by atoms with Gasteiger partial charge in [0.15, 0.2) is 0 Å². The van der Waals surface area contributed by atoms with Gasteiger partial charge in [-0.25, -0.2) is 4.79 Å². The van der Waals surface area contributed by atoms with Crippen molar-refractivity contribution in [2.75, 3.05) is 12.4 Å². The smallest absolute Gasteiger partial charge is 0.350 e. The zero-order chi connectivity index (χ0) is 14.7. The summed E-state index contributed by atoms with van der Waals surface area (Å²) in [7, 11) is 1.32. The number of hydrogen-bond donors (Lipinski definition) is 1. The van der Waals surface area contributed by atoms with Crippen LogP contribution in [0.1, 0.15) is 31.2 Å². The fourth-order valence-corrected chi connectivity index (χ4v) is 2.61. The Kier molecular flexibility index (Phi) is 4.20. The fourth-order valence-electron chi connectivity index (χ4n) is 1.85. The largest absolute Gasteiger partial charge is 0.465 e. The van der Waals surface area contributed by atoms with Crippen molar-refractivity contribution in [3.63, 3.8) is 0 Å². The van der Waals surface area contributed by atoms with Crippen LogP contribution in [0.25, 0.3) is 0 Å². The van der Waals surface area contributed by atoms with Crippen molar-refractivity contribution >= 4 is 28.9 Å². The van der Waals surface area contributed by atoms with Crippen LogP contribution in [-0.2, 0) is 4.74 Å². The van der Waals surface area contributed by atoms with Crippen LogP contribution >= 0.6 is 11.3 Å². The van der Waals surface area contributed by atoms with Gasteiger partial charge in [-0.15, -0.1) is 11.3 Å². The van der Waals surface area contributed by atoms with Crippen LogP contribution in [0.15, 0.2) is 29.6 Å². The molecule has 1 heterocycles. The second-order valence-corrected chi connectivity index (χ2v) is 5.27. The quantitative estimate of drug-likeness (QED) is 0.881. The number of anilines is 1. The number of hydrogen-bond acceptors (Lipinski definition) is 4. The zero-order valence-electron chi connectivity index (χ0n) is 11.5. The number of methoxy groups -OCH3 is 1. The molecule has 5 heteroatoms. The Morgan fingerprint density at radius 1 is 1.20 bits per heavy atom. The van der Waals surface area contributed by atoms with E-state index in [9.17, 15) is 9.59 Å². The molecule has 0 aliphatic heterocycles. The van der Waals surface area contributed by atoms with Gasteiger partial charge >= 0.3 is 5.97 Å². The molecule has 1 N–H and O–H groups in total. The van der Waals surface area contributed by atoms with Crippen molar-refractivity contribution in [3.05, 3.63) is 51.2 Å². The topological polar surface area (TPSA) is 55.4 Å². The Balaban J connectivity index is 2.27. The highest BCUT2D eigenvalue weighted by Gasteiger charge is 2.17. The van der Waals surface area contributed by atoms with Crippen molar-refractivity contribution < 1.29 is 14.3 Å². The molecule has 0 aliphatic carbocycles. The molecule has 20 heavy (non-hydrogen) atoms. The Morgan fingerprint density at radius 2 is 1.95 bits per heavy atom. The molecule has 2 rings (SSSR count). The van der Waals surface area contributed by atoms with E-state index in [-0.39, 0.29) is 5.91 Å². The predicted octanol–water partition coefficient (Wildman–Crippen LogP) is 3.40. The molecular weight excluding hydrogens is 274 g/mol. The number of nitrogens with one attached hydrogen (secondary N) is 1. The Hall–Kier alpha value is -2.14. The van der Waals surface area contributed by atoms with E-state index in [1.165, 1.54) is 18.4 Å². The molecule has 0 fully saturated rings. The van der Waals surface area contributed by atoms with Crippen LogP contribution in [0.3, 0.4) is 0 Å². The third-order valence-electron chi connectivity index (χ3n) is 3.13. The minimum absolute atomic E-state index is 0.227. The molecule has 1 aromatic carbocycles. The van der Waals surface area contributed by atoms with Crippen LogP contribution in [-0.4, -0.2) is 19.0 Å². The van der Waals surface area contributed by atoms with Crippen LogP contribution in [0, 0.1) is 13.8 Å². The van der Waals surface area contributed by atoms with Crippen LogP contribution in [0.4, 0.5) is 5.69 Å². The number of amides is 1. The van der Waals surface area contributed by atoms with Gasteiger partial charge < -0.3 is 10.1 Å². The Labute approximate surface area is 121 Å². The first-order chi connectivity index (χ1) is 9.54. The van der Waals surface area contributed by atoms with E-state index in [0.29, 0.717) is 16.1 Å². The van der Waals surface area contributed by atoms with Gasteiger partial charge in [0.05, 0.1) is 12.8 Å². The third-order valence-corrected chi connectivity index (χ3v) is 4.03. The minimum Gasteiger partial charge on any atom is -0.465 e. The first-order valence-electron chi connectivity index (χ1n) is 6.08. The summed E-state index contributed by atoms with van der Waals surface area (Å²) >= 11 is 1.24. The third kappa shape index (κ3) is 2.72. The number of carbonyl (C=O) groups excluding carboxylic acids is 2. The SMILES string of the molecule is COC(=O)c1sccc1NC(=O)c1cccc(C)c1C. The maximum absolute atomic E-state index is 12.3. The summed E-state index contributed by atoms with van der Waals surface area (Å²) in [6, 6.07) is 7.25. The van der Waals surface area contributed by atoms with E-state index in [4.69, 9.17) is 0 Å². The Morgan fingerprint density at radius 3 is 2.65 bits per heavy atom. The molecule has 0 bridgehead atoms. The zero-order valence-corrected chi connectivity index (χ0v) is 12.3. The van der Waals surface area contributed by atoms with Gasteiger partial charge in [-0.3, -0.25) is 4.79 Å². The summed E-state index contributed by atoms with van der Waals surface area (Å²) in [5.74, 6) is -0.675. The summed E-state index contributed by atoms with van der Waals surface area (Å²) in [5, 5.41) is 4.50. The number of thiophene rings is 1. The fraction of sp³-hybridized carbons (Fsp3) is 0.200. The molecule has 4 nitrogen and oxygen atoms in total. The van der Waals surface area contributed by atoms with Crippen LogP contribution in [0.5, 0.6) is 0 Å². The number of esters is 1. The minimum atomic E-state index is -0.448. The standard InChI is InChI=1S/C15H15NO3S/c1-9-5-4-6-11(10(9)2)14(17)16-12-7-8-20-13(12)15(18)19-3/h4-8H,1-3H3,(H,16,17). The predicted molar refractivity (Wildman–Crippen MR) is 79.5 cm³/mol. The lowest BCUT2D eigenvalue weighted by Crippen LogP contribution is -2.15. The summed E-state index contributed by atoms with van der Waals surface area (Å²) in [6.07, 6.45) is 0. The summed E-state index contributed by atoms with van der Waals surface area (Å²) < 4.78 is 4.69. The molecule has 0 spiro atoms. The van der Waals surface area contributed by atoms with Gasteiger partial charge in [-0.05, 0) is 42.5 Å². The molecule has 0 saturated carbocycles. The second-order valence-electron chi connectivity index (χ2n) is 4.36. The van der Waals surface area contributed by atoms with Crippen LogP contribution in [0.2, 0.25) is 0 Å². The molecule has 1 amide bonds. The monoisotopic (exact) mass is 289 g/mol. The van der Waals surface area contributed by atoms with Crippen molar-refractivity contribution in [3.8, 4) is 0 Å². The van der Waals surface area contributed by atoms with Gasteiger partial charge in [-0.1, -0.05) is 12.1 Å². The second kappa shape index (κ2) is 5.88. The maximum Gasteiger partial charge on any atom is 0.350 e. The average Bonchev–Trinajstić information content (AvgIpc) is 2.89. The molecule has 0 unspecified atom stereocenters. The maximum atomic E-state index is 12.3. The lowest BCUT2D eigenvalue weighted by atomic mass is 10.0. The van der Waals surface area contributed by atoms with Gasteiger partial charge in [0.1, 0.15) is 4.88 Å². The van der Waals surface area contributed by atoms with E-state index in [2.05, 4.69) is 10.1 Å². The first kappa shape index (κ1) is 14.3. The molecule has 0 atom stereocenters. The van der Waals surface area contributed by atoms with E-state index >= 15 is 0 Å². The van der Waals surface area contributed by atoms with Gasteiger partial charge in [-0.2, -0.15) is 0 Å². The van der Waals surface area contributed by atoms with E-state index in [1.807, 2.05) is 26.0 Å². The highest BCUT2D eigenvalue weighted by atomic mass is 32.1. The molecule has 0 aliphatic rings. The summed E-state index contributed by atoms with van der Waals surface area (Å²) in [5.41, 5.74) is 3.07. The van der Waals surface area contributed by atoms with Crippen molar-refractivity contribution in [2.45, 2.75) is 13.8 Å². The number of benzene rings is 1. The van der Waals surface area contributed by atoms with E-state index in [1.54, 1.807) is 17.5 Å². The molecule has 2 aromatic rings. The van der Waals surface area contributed by atoms with Gasteiger partial charge in [0.2, 0.25) is 0 Å². The summed E-state index contributed by atoms with van der Waals surface area (Å²) in [4.78, 5) is 24.3. The van der Waals surface area contributed by atoms with Crippen molar-refractivity contribution in [1.29, 1.82) is 0 Å². The number of rotatable bonds is 3. The van der Waals surface area contributed by atoms with Gasteiger partial charge in [0, 0.05) is 5.56 Å². The van der Waals surface area contributed by atoms with Crippen LogP contribution < -0.4 is 5.32 Å². The van der Waals surface area contributed by atoms with Crippen molar-refractivity contribution in [1.82, 2.24) is 0 Å². The number of carbonyl (C=O) groups is 2. The highest BCUT2D eigenvalue weighted by molar-refractivity contribution is 7.12. The number of aryl methyl sites for hydroxylation is 1. The molecule has 0 radical (unpaired) electrons. The summed E-state index contributed by atoms with van der Waals surface area (Å²) in [6.45, 7) is 3.86. The molecule has 104 valence electrons. The lowest BCUT2D eigenvalue weighted by Gasteiger charge is -2.09. The van der Waals surface area contributed by atoms with Crippen molar-refractivity contribution in [2.24, 2.45) is 0 Å². The Bertz CT molecular complexity index is 661. The molecule has 0 saturated heterocycles. The first-order valence-corrected chi connectivity index (χ1v) is 6.96. The normalized spacial score (nSPS) is 10.2. The van der Waals surface area contributed by atoms with E-state index in [0.717, 1.165) is 11.1 Å².